The van der Waals surface area contributed by atoms with Crippen LogP contribution in [-0.2, 0) is 0 Å². The Morgan fingerprint density at radius 2 is 1.66 bits per heavy atom. The van der Waals surface area contributed by atoms with Crippen LogP contribution < -0.4 is 10.6 Å². The Labute approximate surface area is 175 Å². The first-order valence-corrected chi connectivity index (χ1v) is 9.32. The zero-order valence-electron chi connectivity index (χ0n) is 15.2. The van der Waals surface area contributed by atoms with Crippen LogP contribution in [0.3, 0.4) is 0 Å². The third kappa shape index (κ3) is 4.90. The highest BCUT2D eigenvalue weighted by atomic mass is 35.5. The van der Waals surface area contributed by atoms with Gasteiger partial charge >= 0.3 is 0 Å². The Hall–Kier alpha value is -2.97. The summed E-state index contributed by atoms with van der Waals surface area (Å²) >= 11 is 11.7. The first-order valence-electron chi connectivity index (χ1n) is 8.56. The van der Waals surface area contributed by atoms with Crippen LogP contribution in [0.5, 0.6) is 0 Å². The van der Waals surface area contributed by atoms with Crippen LogP contribution in [0, 0.1) is 12.7 Å². The van der Waals surface area contributed by atoms with E-state index in [2.05, 4.69) is 20.9 Å². The molecule has 150 valence electrons. The van der Waals surface area contributed by atoms with Gasteiger partial charge in [0, 0.05) is 18.7 Å². The van der Waals surface area contributed by atoms with Crippen LogP contribution in [-0.4, -0.2) is 39.9 Å². The molecule has 0 aliphatic heterocycles. The molecule has 29 heavy (non-hydrogen) atoms. The van der Waals surface area contributed by atoms with E-state index in [4.69, 9.17) is 23.2 Å². The Kier molecular flexibility index (Phi) is 6.46. The SMILES string of the molecule is Cc1c(C(=O)NCCNC(=O)c2ccc(Cl)c(Cl)c2)nnn1-c1ccc(F)cc1. The number of rotatable bonds is 6. The minimum atomic E-state index is -0.431. The molecule has 2 amide bonds. The lowest BCUT2D eigenvalue weighted by Gasteiger charge is -2.07. The Morgan fingerprint density at radius 1 is 1.00 bits per heavy atom. The van der Waals surface area contributed by atoms with Crippen molar-refractivity contribution in [3.8, 4) is 5.69 Å². The van der Waals surface area contributed by atoms with Crippen molar-refractivity contribution in [2.75, 3.05) is 13.1 Å². The number of halogens is 3. The summed E-state index contributed by atoms with van der Waals surface area (Å²) in [6.45, 7) is 2.08. The number of nitrogens with one attached hydrogen (secondary N) is 2. The highest BCUT2D eigenvalue weighted by molar-refractivity contribution is 6.42. The number of carbonyl (C=O) groups excluding carboxylic acids is 2. The van der Waals surface area contributed by atoms with Crippen molar-refractivity contribution in [3.63, 3.8) is 0 Å². The van der Waals surface area contributed by atoms with Gasteiger partial charge in [0.15, 0.2) is 5.69 Å². The maximum absolute atomic E-state index is 13.1. The number of carbonyl (C=O) groups is 2. The number of benzene rings is 2. The van der Waals surface area contributed by atoms with Crippen LogP contribution in [0.4, 0.5) is 4.39 Å². The lowest BCUT2D eigenvalue weighted by molar-refractivity contribution is 0.0924. The summed E-state index contributed by atoms with van der Waals surface area (Å²) < 4.78 is 14.5. The molecular formula is C19H16Cl2FN5O2. The minimum Gasteiger partial charge on any atom is -0.350 e. The van der Waals surface area contributed by atoms with Gasteiger partial charge in [-0.25, -0.2) is 9.07 Å². The second-order valence-electron chi connectivity index (χ2n) is 6.05. The number of hydrogen-bond donors (Lipinski definition) is 2. The maximum atomic E-state index is 13.1. The Morgan fingerprint density at radius 3 is 2.31 bits per heavy atom. The van der Waals surface area contributed by atoms with Gasteiger partial charge < -0.3 is 10.6 Å². The van der Waals surface area contributed by atoms with Crippen molar-refractivity contribution in [3.05, 3.63) is 75.3 Å². The van der Waals surface area contributed by atoms with Gasteiger partial charge in [0.25, 0.3) is 11.8 Å². The summed E-state index contributed by atoms with van der Waals surface area (Å²) in [4.78, 5) is 24.4. The average Bonchev–Trinajstić information content (AvgIpc) is 3.09. The largest absolute Gasteiger partial charge is 0.350 e. The lowest BCUT2D eigenvalue weighted by atomic mass is 10.2. The average molecular weight is 436 g/mol. The van der Waals surface area contributed by atoms with E-state index in [1.54, 1.807) is 13.0 Å². The standard InChI is InChI=1S/C19H16Cl2FN5O2/c1-11-17(25-26-27(11)14-5-3-13(22)4-6-14)19(29)24-9-8-23-18(28)12-2-7-15(20)16(21)10-12/h2-7,10H,8-9H2,1H3,(H,23,28)(H,24,29). The van der Waals surface area contributed by atoms with E-state index in [0.717, 1.165) is 0 Å². The van der Waals surface area contributed by atoms with E-state index < -0.39 is 5.91 Å². The first kappa shape index (κ1) is 20.8. The smallest absolute Gasteiger partial charge is 0.273 e. The highest BCUT2D eigenvalue weighted by Crippen LogP contribution is 2.22. The molecule has 0 atom stereocenters. The molecule has 2 N–H and O–H groups in total. The van der Waals surface area contributed by atoms with Crippen molar-refractivity contribution in [1.82, 2.24) is 25.6 Å². The van der Waals surface area contributed by atoms with Gasteiger partial charge in [0.05, 0.1) is 21.4 Å². The molecule has 0 aliphatic rings. The molecule has 0 unspecified atom stereocenters. The van der Waals surface area contributed by atoms with E-state index in [-0.39, 0.29) is 35.5 Å². The molecule has 7 nitrogen and oxygen atoms in total. The fraction of sp³-hybridized carbons (Fsp3) is 0.158. The van der Waals surface area contributed by atoms with Gasteiger partial charge in [0.1, 0.15) is 5.82 Å². The second-order valence-corrected chi connectivity index (χ2v) is 6.87. The van der Waals surface area contributed by atoms with E-state index in [1.165, 1.54) is 41.1 Å². The monoisotopic (exact) mass is 435 g/mol. The van der Waals surface area contributed by atoms with Crippen molar-refractivity contribution >= 4 is 35.0 Å². The summed E-state index contributed by atoms with van der Waals surface area (Å²) in [6, 6.07) is 10.2. The minimum absolute atomic E-state index is 0.144. The third-order valence-corrected chi connectivity index (χ3v) is 4.80. The fourth-order valence-electron chi connectivity index (χ4n) is 2.54. The van der Waals surface area contributed by atoms with Gasteiger partial charge in [0.2, 0.25) is 0 Å². The van der Waals surface area contributed by atoms with E-state index >= 15 is 0 Å². The molecule has 0 spiro atoms. The number of hydrogen-bond acceptors (Lipinski definition) is 4. The molecular weight excluding hydrogens is 420 g/mol. The molecule has 0 radical (unpaired) electrons. The van der Waals surface area contributed by atoms with Gasteiger partial charge in [-0.05, 0) is 49.4 Å². The molecule has 1 aromatic heterocycles. The second kappa shape index (κ2) is 9.02. The summed E-state index contributed by atoms with van der Waals surface area (Å²) in [6.07, 6.45) is 0. The van der Waals surface area contributed by atoms with Crippen LogP contribution in [0.15, 0.2) is 42.5 Å². The number of aromatic nitrogens is 3. The third-order valence-electron chi connectivity index (χ3n) is 4.06. The van der Waals surface area contributed by atoms with E-state index in [0.29, 0.717) is 22.0 Å². The fourth-order valence-corrected chi connectivity index (χ4v) is 2.84. The predicted octanol–water partition coefficient (Wildman–Crippen LogP) is 3.18. The number of nitrogens with zero attached hydrogens (tertiary/aromatic N) is 3. The quantitative estimate of drug-likeness (QED) is 0.581. The normalized spacial score (nSPS) is 10.6. The van der Waals surface area contributed by atoms with Gasteiger partial charge in [-0.2, -0.15) is 0 Å². The zero-order chi connectivity index (χ0) is 21.0. The molecule has 0 saturated carbocycles. The molecule has 3 aromatic rings. The topological polar surface area (TPSA) is 88.9 Å². The van der Waals surface area contributed by atoms with Crippen molar-refractivity contribution in [1.29, 1.82) is 0 Å². The van der Waals surface area contributed by atoms with E-state index in [1.807, 2.05) is 0 Å². The summed E-state index contributed by atoms with van der Waals surface area (Å²) in [5.74, 6) is -1.14. The van der Waals surface area contributed by atoms with Gasteiger partial charge in [-0.15, -0.1) is 5.10 Å². The lowest BCUT2D eigenvalue weighted by Crippen LogP contribution is -2.35. The predicted molar refractivity (Wildman–Crippen MR) is 107 cm³/mol. The summed E-state index contributed by atoms with van der Waals surface area (Å²) in [5, 5.41) is 13.8. The van der Waals surface area contributed by atoms with Crippen molar-refractivity contribution in [2.24, 2.45) is 0 Å². The van der Waals surface area contributed by atoms with Crippen LogP contribution in [0.1, 0.15) is 26.5 Å². The molecule has 10 heteroatoms. The Balaban J connectivity index is 1.54. The van der Waals surface area contributed by atoms with Crippen LogP contribution >= 0.6 is 23.2 Å². The molecule has 0 saturated heterocycles. The van der Waals surface area contributed by atoms with Gasteiger partial charge in [-0.1, -0.05) is 28.4 Å². The van der Waals surface area contributed by atoms with Crippen molar-refractivity contribution < 1.29 is 14.0 Å². The molecule has 0 aliphatic carbocycles. The highest BCUT2D eigenvalue weighted by Gasteiger charge is 2.17. The molecule has 3 rings (SSSR count). The Bertz CT molecular complexity index is 1050. The van der Waals surface area contributed by atoms with E-state index in [9.17, 15) is 14.0 Å². The number of amides is 2. The maximum Gasteiger partial charge on any atom is 0.273 e. The first-order chi connectivity index (χ1) is 13.9. The molecule has 2 aromatic carbocycles. The van der Waals surface area contributed by atoms with Crippen LogP contribution in [0.2, 0.25) is 10.0 Å². The summed E-state index contributed by atoms with van der Waals surface area (Å²) in [7, 11) is 0. The van der Waals surface area contributed by atoms with Crippen molar-refractivity contribution in [2.45, 2.75) is 6.92 Å². The van der Waals surface area contributed by atoms with Crippen LogP contribution in [0.25, 0.3) is 5.69 Å². The molecule has 0 bridgehead atoms. The zero-order valence-corrected chi connectivity index (χ0v) is 16.8. The van der Waals surface area contributed by atoms with Gasteiger partial charge in [-0.3, -0.25) is 9.59 Å². The summed E-state index contributed by atoms with van der Waals surface area (Å²) in [5.41, 5.74) is 1.60. The molecule has 1 heterocycles. The molecule has 0 fully saturated rings.